The van der Waals surface area contributed by atoms with E-state index in [1.54, 1.807) is 54.6 Å². The fourth-order valence-corrected chi connectivity index (χ4v) is 3.88. The van der Waals surface area contributed by atoms with Crippen molar-refractivity contribution in [3.05, 3.63) is 89.5 Å². The number of nitrogens with one attached hydrogen (secondary N) is 3. The molecular weight excluding hydrogens is 428 g/mol. The highest BCUT2D eigenvalue weighted by Crippen LogP contribution is 2.17. The van der Waals surface area contributed by atoms with Gasteiger partial charge in [-0.05, 0) is 74.4 Å². The van der Waals surface area contributed by atoms with Crippen molar-refractivity contribution in [2.45, 2.75) is 19.8 Å². The van der Waals surface area contributed by atoms with Gasteiger partial charge in [0.1, 0.15) is 0 Å². The highest BCUT2D eigenvalue weighted by molar-refractivity contribution is 6.04. The second kappa shape index (κ2) is 10.7. The summed E-state index contributed by atoms with van der Waals surface area (Å²) in [6.45, 7) is 3.58. The molecule has 7 heteroatoms. The van der Waals surface area contributed by atoms with Crippen LogP contribution in [0.5, 0.6) is 0 Å². The molecular formula is C27H28N4O3. The number of aryl methyl sites for hydroxylation is 1. The molecule has 0 spiro atoms. The second-order valence-electron chi connectivity index (χ2n) is 8.38. The minimum absolute atomic E-state index is 0.00121. The van der Waals surface area contributed by atoms with E-state index in [2.05, 4.69) is 16.0 Å². The third-order valence-electron chi connectivity index (χ3n) is 5.66. The molecule has 7 nitrogen and oxygen atoms in total. The number of carbonyl (C=O) groups is 3. The Morgan fingerprint density at radius 3 is 2.18 bits per heavy atom. The van der Waals surface area contributed by atoms with Crippen LogP contribution in [-0.2, 0) is 4.79 Å². The minimum atomic E-state index is -0.220. The molecule has 1 saturated heterocycles. The van der Waals surface area contributed by atoms with Crippen molar-refractivity contribution in [3.8, 4) is 0 Å². The van der Waals surface area contributed by atoms with Crippen molar-refractivity contribution in [1.29, 1.82) is 0 Å². The van der Waals surface area contributed by atoms with Gasteiger partial charge < -0.3 is 20.9 Å². The van der Waals surface area contributed by atoms with Crippen LogP contribution in [0.2, 0.25) is 0 Å². The molecule has 0 aliphatic carbocycles. The van der Waals surface area contributed by atoms with Crippen LogP contribution in [0.4, 0.5) is 17.1 Å². The Bertz CT molecular complexity index is 1180. The lowest BCUT2D eigenvalue weighted by Crippen LogP contribution is -2.27. The molecule has 3 aromatic carbocycles. The number of rotatable bonds is 7. The first-order chi connectivity index (χ1) is 16.5. The van der Waals surface area contributed by atoms with Crippen LogP contribution in [0, 0.1) is 6.92 Å². The molecule has 0 aromatic heterocycles. The van der Waals surface area contributed by atoms with Gasteiger partial charge in [-0.15, -0.1) is 0 Å². The lowest BCUT2D eigenvalue weighted by molar-refractivity contribution is -0.114. The maximum Gasteiger partial charge on any atom is 0.255 e. The van der Waals surface area contributed by atoms with E-state index in [-0.39, 0.29) is 24.3 Å². The van der Waals surface area contributed by atoms with Gasteiger partial charge in [0, 0.05) is 41.3 Å². The number of anilines is 3. The first-order valence-electron chi connectivity index (χ1n) is 11.4. The molecule has 3 N–H and O–H groups in total. The van der Waals surface area contributed by atoms with E-state index in [1.165, 1.54) is 0 Å². The van der Waals surface area contributed by atoms with Crippen LogP contribution in [0.25, 0.3) is 0 Å². The summed E-state index contributed by atoms with van der Waals surface area (Å²) in [7, 11) is 0. The predicted molar refractivity (Wildman–Crippen MR) is 134 cm³/mol. The summed E-state index contributed by atoms with van der Waals surface area (Å²) in [6, 6.07) is 21.6. The average Bonchev–Trinajstić information content (AvgIpc) is 3.38. The Hall–Kier alpha value is -4.13. The first kappa shape index (κ1) is 23.0. The summed E-state index contributed by atoms with van der Waals surface area (Å²) in [5, 5.41) is 8.76. The van der Waals surface area contributed by atoms with Gasteiger partial charge in [-0.25, -0.2) is 0 Å². The molecule has 1 aliphatic heterocycles. The van der Waals surface area contributed by atoms with Crippen molar-refractivity contribution in [2.75, 3.05) is 35.6 Å². The van der Waals surface area contributed by atoms with E-state index in [0.717, 1.165) is 37.2 Å². The highest BCUT2D eigenvalue weighted by Gasteiger charge is 2.19. The maximum atomic E-state index is 12.6. The molecule has 3 amide bonds. The molecule has 1 aliphatic rings. The molecule has 174 valence electrons. The topological polar surface area (TPSA) is 90.5 Å². The van der Waals surface area contributed by atoms with E-state index in [1.807, 2.05) is 30.0 Å². The zero-order valence-electron chi connectivity index (χ0n) is 19.1. The number of carbonyl (C=O) groups excluding carboxylic acids is 3. The Morgan fingerprint density at radius 2 is 1.44 bits per heavy atom. The van der Waals surface area contributed by atoms with E-state index in [9.17, 15) is 14.4 Å². The number of hydrogen-bond acceptors (Lipinski definition) is 4. The van der Waals surface area contributed by atoms with E-state index < -0.39 is 0 Å². The van der Waals surface area contributed by atoms with E-state index >= 15 is 0 Å². The Kier molecular flexibility index (Phi) is 7.22. The summed E-state index contributed by atoms with van der Waals surface area (Å²) in [6.07, 6.45) is 2.07. The van der Waals surface area contributed by atoms with E-state index in [0.29, 0.717) is 22.5 Å². The molecule has 4 rings (SSSR count). The van der Waals surface area contributed by atoms with Crippen molar-refractivity contribution in [2.24, 2.45) is 0 Å². The van der Waals surface area contributed by atoms with Crippen LogP contribution >= 0.6 is 0 Å². The Balaban J connectivity index is 1.27. The third-order valence-corrected chi connectivity index (χ3v) is 5.66. The molecule has 0 radical (unpaired) electrons. The lowest BCUT2D eigenvalue weighted by Gasteiger charge is -2.16. The van der Waals surface area contributed by atoms with Crippen molar-refractivity contribution in [3.63, 3.8) is 0 Å². The van der Waals surface area contributed by atoms with Gasteiger partial charge in [0.05, 0.1) is 6.54 Å². The van der Waals surface area contributed by atoms with Gasteiger partial charge in [-0.3, -0.25) is 14.4 Å². The summed E-state index contributed by atoms with van der Waals surface area (Å²) in [4.78, 5) is 39.2. The second-order valence-corrected chi connectivity index (χ2v) is 8.38. The standard InChI is InChI=1S/C27H28N4O3/c1-19-6-4-7-20(16-19)26(33)30-23-12-10-22(11-13-23)28-18-25(32)29-24-9-5-8-21(17-24)27(34)31-14-2-3-15-31/h4-13,16-17,28H,2-3,14-15,18H2,1H3,(H,29,32)(H,30,33). The van der Waals surface area contributed by atoms with Crippen molar-refractivity contribution in [1.82, 2.24) is 4.90 Å². The molecule has 0 bridgehead atoms. The van der Waals surface area contributed by atoms with Gasteiger partial charge in [0.15, 0.2) is 0 Å². The molecule has 0 atom stereocenters. The average molecular weight is 457 g/mol. The van der Waals surface area contributed by atoms with Crippen molar-refractivity contribution < 1.29 is 14.4 Å². The smallest absolute Gasteiger partial charge is 0.255 e. The van der Waals surface area contributed by atoms with Gasteiger partial charge in [-0.2, -0.15) is 0 Å². The quantitative estimate of drug-likeness (QED) is 0.487. The lowest BCUT2D eigenvalue weighted by atomic mass is 10.1. The number of nitrogens with zero attached hydrogens (tertiary/aromatic N) is 1. The Labute approximate surface area is 199 Å². The molecule has 1 heterocycles. The van der Waals surface area contributed by atoms with E-state index in [4.69, 9.17) is 0 Å². The SMILES string of the molecule is Cc1cccc(C(=O)Nc2ccc(NCC(=O)Nc3cccc(C(=O)N4CCCC4)c3)cc2)c1. The monoisotopic (exact) mass is 456 g/mol. The van der Waals surface area contributed by atoms with Crippen LogP contribution in [0.15, 0.2) is 72.8 Å². The highest BCUT2D eigenvalue weighted by atomic mass is 16.2. The fourth-order valence-electron chi connectivity index (χ4n) is 3.88. The predicted octanol–water partition coefficient (Wildman–Crippen LogP) is 4.53. The van der Waals surface area contributed by atoms with Crippen LogP contribution < -0.4 is 16.0 Å². The summed E-state index contributed by atoms with van der Waals surface area (Å²) < 4.78 is 0. The summed E-state index contributed by atoms with van der Waals surface area (Å²) in [5.41, 5.74) is 4.21. The third kappa shape index (κ3) is 6.01. The van der Waals surface area contributed by atoms with Crippen molar-refractivity contribution >= 4 is 34.8 Å². The van der Waals surface area contributed by atoms with Gasteiger partial charge >= 0.3 is 0 Å². The molecule has 3 aromatic rings. The molecule has 1 fully saturated rings. The number of hydrogen-bond donors (Lipinski definition) is 3. The van der Waals surface area contributed by atoms with Crippen LogP contribution in [-0.4, -0.2) is 42.3 Å². The number of likely N-dealkylation sites (tertiary alicyclic amines) is 1. The zero-order chi connectivity index (χ0) is 23.9. The molecule has 0 unspecified atom stereocenters. The van der Waals surface area contributed by atoms with Gasteiger partial charge in [0.25, 0.3) is 11.8 Å². The first-order valence-corrected chi connectivity index (χ1v) is 11.4. The Morgan fingerprint density at radius 1 is 0.765 bits per heavy atom. The summed E-state index contributed by atoms with van der Waals surface area (Å²) >= 11 is 0. The van der Waals surface area contributed by atoms with Crippen LogP contribution in [0.3, 0.4) is 0 Å². The van der Waals surface area contributed by atoms with Crippen LogP contribution in [0.1, 0.15) is 39.1 Å². The largest absolute Gasteiger partial charge is 0.376 e. The zero-order valence-corrected chi connectivity index (χ0v) is 19.1. The summed E-state index contributed by atoms with van der Waals surface area (Å²) in [5.74, 6) is -0.391. The molecule has 34 heavy (non-hydrogen) atoms. The fraction of sp³-hybridized carbons (Fsp3) is 0.222. The van der Waals surface area contributed by atoms with Gasteiger partial charge in [0.2, 0.25) is 5.91 Å². The van der Waals surface area contributed by atoms with Gasteiger partial charge in [-0.1, -0.05) is 23.8 Å². The number of amides is 3. The maximum absolute atomic E-state index is 12.6. The normalized spacial score (nSPS) is 12.8. The minimum Gasteiger partial charge on any atom is -0.376 e. The number of benzene rings is 3. The molecule has 0 saturated carbocycles.